The molecule has 0 aromatic carbocycles. The summed E-state index contributed by atoms with van der Waals surface area (Å²) in [6.45, 7) is -0.385. The van der Waals surface area contributed by atoms with Gasteiger partial charge in [0.25, 0.3) is 11.8 Å². The normalized spacial score (nSPS) is 13.1. The number of rotatable bonds is 6. The summed E-state index contributed by atoms with van der Waals surface area (Å²) in [6.07, 6.45) is 3.91. The standard InChI is InChI=1S/C17H18N2O4S2/c18-16(22)15-11-3-1-2-4-12(11)25-17(15)19-13(20)8-23-14(21)7-10-5-6-24-9-10/h5-6,9H,1-4,7-8H2,(H2,18,22)(H,19,20). The Morgan fingerprint density at radius 1 is 1.24 bits per heavy atom. The first kappa shape index (κ1) is 17.6. The summed E-state index contributed by atoms with van der Waals surface area (Å²) in [4.78, 5) is 36.7. The molecule has 1 aliphatic rings. The van der Waals surface area contributed by atoms with Crippen molar-refractivity contribution >= 4 is 45.5 Å². The third kappa shape index (κ3) is 4.26. The lowest BCUT2D eigenvalue weighted by Crippen LogP contribution is -2.23. The van der Waals surface area contributed by atoms with Crippen molar-refractivity contribution in [2.75, 3.05) is 11.9 Å². The minimum Gasteiger partial charge on any atom is -0.455 e. The number of primary amides is 1. The van der Waals surface area contributed by atoms with Crippen LogP contribution in [0.3, 0.4) is 0 Å². The van der Waals surface area contributed by atoms with E-state index in [0.717, 1.165) is 41.7 Å². The van der Waals surface area contributed by atoms with E-state index in [9.17, 15) is 14.4 Å². The van der Waals surface area contributed by atoms with Gasteiger partial charge >= 0.3 is 5.97 Å². The zero-order valence-corrected chi connectivity index (χ0v) is 15.1. The van der Waals surface area contributed by atoms with Gasteiger partial charge in [0, 0.05) is 4.88 Å². The van der Waals surface area contributed by atoms with E-state index in [4.69, 9.17) is 10.5 Å². The van der Waals surface area contributed by atoms with E-state index >= 15 is 0 Å². The van der Waals surface area contributed by atoms with E-state index in [1.54, 1.807) is 0 Å². The number of nitrogens with two attached hydrogens (primary N) is 1. The Hall–Kier alpha value is -2.19. The maximum Gasteiger partial charge on any atom is 0.310 e. The number of hydrogen-bond donors (Lipinski definition) is 2. The van der Waals surface area contributed by atoms with E-state index in [2.05, 4.69) is 5.32 Å². The number of hydrogen-bond acceptors (Lipinski definition) is 6. The molecule has 8 heteroatoms. The molecule has 0 spiro atoms. The van der Waals surface area contributed by atoms with E-state index < -0.39 is 17.8 Å². The third-order valence-electron chi connectivity index (χ3n) is 3.96. The number of amides is 2. The van der Waals surface area contributed by atoms with Gasteiger partial charge in [0.15, 0.2) is 6.61 Å². The van der Waals surface area contributed by atoms with Crippen molar-refractivity contribution in [2.45, 2.75) is 32.1 Å². The number of ether oxygens (including phenoxy) is 1. The van der Waals surface area contributed by atoms with Gasteiger partial charge in [-0.05, 0) is 53.6 Å². The topological polar surface area (TPSA) is 98.5 Å². The van der Waals surface area contributed by atoms with Gasteiger partial charge in [-0.1, -0.05) is 0 Å². The van der Waals surface area contributed by atoms with Crippen molar-refractivity contribution in [1.29, 1.82) is 0 Å². The number of thiophene rings is 2. The van der Waals surface area contributed by atoms with E-state index in [0.29, 0.717) is 10.6 Å². The van der Waals surface area contributed by atoms with Gasteiger partial charge in [-0.15, -0.1) is 11.3 Å². The van der Waals surface area contributed by atoms with Crippen LogP contribution in [0.2, 0.25) is 0 Å². The fraction of sp³-hybridized carbons (Fsp3) is 0.353. The lowest BCUT2D eigenvalue weighted by molar-refractivity contribution is -0.146. The second-order valence-corrected chi connectivity index (χ2v) is 7.68. The Morgan fingerprint density at radius 2 is 2.04 bits per heavy atom. The van der Waals surface area contributed by atoms with Gasteiger partial charge in [-0.25, -0.2) is 0 Å². The van der Waals surface area contributed by atoms with Crippen molar-refractivity contribution in [3.63, 3.8) is 0 Å². The first-order chi connectivity index (χ1) is 12.0. The lowest BCUT2D eigenvalue weighted by Gasteiger charge is -2.11. The van der Waals surface area contributed by atoms with Crippen LogP contribution in [0.15, 0.2) is 16.8 Å². The zero-order chi connectivity index (χ0) is 17.8. The predicted molar refractivity (Wildman–Crippen MR) is 97.1 cm³/mol. The molecule has 6 nitrogen and oxygen atoms in total. The van der Waals surface area contributed by atoms with Gasteiger partial charge in [0.1, 0.15) is 5.00 Å². The third-order valence-corrected chi connectivity index (χ3v) is 5.90. The fourth-order valence-corrected chi connectivity index (χ4v) is 4.81. The molecule has 0 saturated heterocycles. The first-order valence-electron chi connectivity index (χ1n) is 7.95. The molecule has 2 aromatic rings. The maximum atomic E-state index is 12.1. The highest BCUT2D eigenvalue weighted by molar-refractivity contribution is 7.17. The van der Waals surface area contributed by atoms with Crippen molar-refractivity contribution in [3.8, 4) is 0 Å². The summed E-state index contributed by atoms with van der Waals surface area (Å²) in [6, 6.07) is 1.83. The van der Waals surface area contributed by atoms with E-state index in [1.807, 2.05) is 16.8 Å². The fourth-order valence-electron chi connectivity index (χ4n) is 2.83. The number of carbonyl (C=O) groups excluding carboxylic acids is 3. The van der Waals surface area contributed by atoms with Crippen LogP contribution < -0.4 is 11.1 Å². The molecule has 132 valence electrons. The molecule has 0 saturated carbocycles. The predicted octanol–water partition coefficient (Wildman–Crippen LogP) is 2.51. The van der Waals surface area contributed by atoms with Crippen LogP contribution in [-0.4, -0.2) is 24.4 Å². The second kappa shape index (κ2) is 7.79. The molecule has 0 fully saturated rings. The lowest BCUT2D eigenvalue weighted by atomic mass is 9.95. The van der Waals surface area contributed by atoms with Crippen LogP contribution in [-0.2, 0) is 33.6 Å². The van der Waals surface area contributed by atoms with Crippen LogP contribution >= 0.6 is 22.7 Å². The van der Waals surface area contributed by atoms with Crippen molar-refractivity contribution in [3.05, 3.63) is 38.4 Å². The minimum atomic E-state index is -0.538. The van der Waals surface area contributed by atoms with Gasteiger partial charge < -0.3 is 15.8 Å². The molecule has 2 aromatic heterocycles. The molecule has 0 aliphatic heterocycles. The number of anilines is 1. The average Bonchev–Trinajstić information content (AvgIpc) is 3.19. The average molecular weight is 378 g/mol. The van der Waals surface area contributed by atoms with Crippen molar-refractivity contribution in [2.24, 2.45) is 5.73 Å². The molecular weight excluding hydrogens is 360 g/mol. The Morgan fingerprint density at radius 3 is 2.76 bits per heavy atom. The molecular formula is C17H18N2O4S2. The molecule has 0 bridgehead atoms. The molecule has 2 heterocycles. The van der Waals surface area contributed by atoms with Gasteiger partial charge in [-0.2, -0.15) is 11.3 Å². The number of aryl methyl sites for hydroxylation is 1. The highest BCUT2D eigenvalue weighted by atomic mass is 32.1. The maximum absolute atomic E-state index is 12.1. The quantitative estimate of drug-likeness (QED) is 0.755. The Balaban J connectivity index is 1.60. The summed E-state index contributed by atoms with van der Waals surface area (Å²) in [5.41, 5.74) is 7.70. The zero-order valence-electron chi connectivity index (χ0n) is 13.5. The molecule has 0 radical (unpaired) electrons. The molecule has 0 atom stereocenters. The molecule has 3 rings (SSSR count). The van der Waals surface area contributed by atoms with Gasteiger partial charge in [0.05, 0.1) is 12.0 Å². The second-order valence-electron chi connectivity index (χ2n) is 5.80. The minimum absolute atomic E-state index is 0.136. The van der Waals surface area contributed by atoms with E-state index in [-0.39, 0.29) is 13.0 Å². The van der Waals surface area contributed by atoms with Gasteiger partial charge in [0.2, 0.25) is 0 Å². The summed E-state index contributed by atoms with van der Waals surface area (Å²) >= 11 is 2.88. The highest BCUT2D eigenvalue weighted by Gasteiger charge is 2.25. The largest absolute Gasteiger partial charge is 0.455 e. The number of esters is 1. The van der Waals surface area contributed by atoms with Gasteiger partial charge in [-0.3, -0.25) is 14.4 Å². The molecule has 3 N–H and O–H groups in total. The summed E-state index contributed by atoms with van der Waals surface area (Å²) in [5.74, 6) is -1.47. The van der Waals surface area contributed by atoms with E-state index in [1.165, 1.54) is 22.7 Å². The number of carbonyl (C=O) groups is 3. The Kier molecular flexibility index (Phi) is 5.50. The smallest absolute Gasteiger partial charge is 0.310 e. The Labute approximate surface area is 153 Å². The van der Waals surface area contributed by atoms with Crippen molar-refractivity contribution in [1.82, 2.24) is 0 Å². The summed E-state index contributed by atoms with van der Waals surface area (Å²) in [7, 11) is 0. The number of nitrogens with one attached hydrogen (secondary N) is 1. The summed E-state index contributed by atoms with van der Waals surface area (Å²) in [5, 5.41) is 6.86. The van der Waals surface area contributed by atoms with Crippen LogP contribution in [0.25, 0.3) is 0 Å². The molecule has 25 heavy (non-hydrogen) atoms. The van der Waals surface area contributed by atoms with Crippen LogP contribution in [0.1, 0.15) is 39.2 Å². The monoisotopic (exact) mass is 378 g/mol. The van der Waals surface area contributed by atoms with Crippen LogP contribution in [0, 0.1) is 0 Å². The molecule has 0 unspecified atom stereocenters. The molecule has 1 aliphatic carbocycles. The van der Waals surface area contributed by atoms with Crippen molar-refractivity contribution < 1.29 is 19.1 Å². The summed E-state index contributed by atoms with van der Waals surface area (Å²) < 4.78 is 4.99. The Bertz CT molecular complexity index is 796. The molecule has 2 amide bonds. The first-order valence-corrected chi connectivity index (χ1v) is 9.71. The highest BCUT2D eigenvalue weighted by Crippen LogP contribution is 2.37. The SMILES string of the molecule is NC(=O)c1c(NC(=O)COC(=O)Cc2ccsc2)sc2c1CCCC2. The number of fused-ring (bicyclic) bond motifs is 1. The van der Waals surface area contributed by atoms with Crippen LogP contribution in [0.4, 0.5) is 5.00 Å². The van der Waals surface area contributed by atoms with Crippen LogP contribution in [0.5, 0.6) is 0 Å².